The molecule has 0 aliphatic rings. The average Bonchev–Trinajstić information content (AvgIpc) is 1.16. The first-order valence-corrected chi connectivity index (χ1v) is 35.8. The highest BCUT2D eigenvalue weighted by Crippen LogP contribution is 2.48. The van der Waals surface area contributed by atoms with Crippen LogP contribution in [0.4, 0.5) is 34.1 Å². The zero-order valence-corrected chi connectivity index (χ0v) is 59.9. The maximum atomic E-state index is 12.8. The van der Waals surface area contributed by atoms with Gasteiger partial charge >= 0.3 is 11.4 Å². The molecular weight excluding hydrogens is 1500 g/mol. The first-order chi connectivity index (χ1) is 49.1. The number of pyridine rings is 2. The molecule has 0 atom stereocenters. The Morgan fingerprint density at radius 1 is 0.462 bits per heavy atom. The Bertz CT molecular complexity index is 6060. The van der Waals surface area contributed by atoms with Gasteiger partial charge in [0, 0.05) is 75.0 Å². The van der Waals surface area contributed by atoms with Crippen LogP contribution in [0, 0.1) is 31.6 Å². The first-order valence-electron chi connectivity index (χ1n) is 29.9. The van der Waals surface area contributed by atoms with Crippen LogP contribution in [0.5, 0.6) is 17.2 Å². The minimum atomic E-state index is -4.37. The smallest absolute Gasteiger partial charge is 0.410 e. The lowest BCUT2D eigenvalue weighted by Crippen LogP contribution is -3.00. The summed E-state index contributed by atoms with van der Waals surface area (Å²) in [5, 5.41) is 65.9. The van der Waals surface area contributed by atoms with E-state index in [4.69, 9.17) is 45.0 Å². The molecule has 106 heavy (non-hydrogen) atoms. The van der Waals surface area contributed by atoms with Crippen molar-refractivity contribution < 1.29 is 93.4 Å². The molecule has 10 aromatic carbocycles. The molecule has 31 nitrogen and oxygen atoms in total. The van der Waals surface area contributed by atoms with Crippen LogP contribution < -0.4 is 47.4 Å². The Hall–Kier alpha value is -11.9. The van der Waals surface area contributed by atoms with Gasteiger partial charge in [-0.05, 0) is 170 Å². The van der Waals surface area contributed by atoms with Crippen LogP contribution >= 0.6 is 21.7 Å². The summed E-state index contributed by atoms with van der Waals surface area (Å²) in [6.07, 6.45) is 3.43. The molecule has 4 aromatic heterocycles. The molecule has 0 aliphatic heterocycles. The minimum Gasteiger partial charge on any atom is -1.00 e. The van der Waals surface area contributed by atoms with Gasteiger partial charge in [-0.3, -0.25) is 33.9 Å². The van der Waals surface area contributed by atoms with Crippen molar-refractivity contribution in [3.63, 3.8) is 0 Å². The fraction of sp³-hybridized carbons (Fsp3) is 0.0435. The number of rotatable bonds is 8. The molecule has 0 aliphatic carbocycles. The van der Waals surface area contributed by atoms with Crippen LogP contribution in [0.3, 0.4) is 0 Å². The first kappa shape index (κ1) is 81.4. The molecule has 14 aromatic rings. The summed E-state index contributed by atoms with van der Waals surface area (Å²) in [7, 11) is -16.4. The topological polar surface area (TPSA) is 525 Å². The Balaban J connectivity index is 0.000000187. The number of nitrogen functional groups attached to an aromatic ring is 2. The summed E-state index contributed by atoms with van der Waals surface area (Å²) in [5.41, 5.74) is 17.5. The molecule has 0 radical (unpaired) electrons. The predicted molar refractivity (Wildman–Crippen MR) is 397 cm³/mol. The quantitative estimate of drug-likeness (QED) is 0.0291. The molecule has 37 heteroatoms. The summed E-state index contributed by atoms with van der Waals surface area (Å²) in [6, 6.07) is 53.6. The number of hydrogen-bond acceptors (Lipinski definition) is 23. The number of phenolic OH excluding ortho intramolecular Hbond substituents is 3. The van der Waals surface area contributed by atoms with Crippen LogP contribution in [0.15, 0.2) is 258 Å². The fourth-order valence-electron chi connectivity index (χ4n) is 10.0. The van der Waals surface area contributed by atoms with Crippen molar-refractivity contribution in [1.29, 1.82) is 10.8 Å². The molecule has 548 valence electrons. The third-order valence-corrected chi connectivity index (χ3v) is 18.4. The summed E-state index contributed by atoms with van der Waals surface area (Å²) in [5.74, 6) is -0.258. The summed E-state index contributed by atoms with van der Waals surface area (Å²) in [6.45, 7) is 5.29. The maximum Gasteiger partial charge on any atom is 0.410 e. The second kappa shape index (κ2) is 34.1. The van der Waals surface area contributed by atoms with E-state index in [-0.39, 0.29) is 78.5 Å². The number of aryl methyl sites for hydroxylation is 3. The Morgan fingerprint density at radius 2 is 0.943 bits per heavy atom. The highest BCUT2D eigenvalue weighted by molar-refractivity contribution is 8.19. The van der Waals surface area contributed by atoms with E-state index in [1.807, 2.05) is 79.7 Å². The molecule has 0 bridgehead atoms. The third kappa shape index (κ3) is 20.3. The van der Waals surface area contributed by atoms with E-state index >= 15 is 0 Å². The normalized spacial score (nSPS) is 11.5. The van der Waals surface area contributed by atoms with Crippen molar-refractivity contribution in [2.24, 2.45) is 10.2 Å². The van der Waals surface area contributed by atoms with Crippen molar-refractivity contribution in [1.82, 2.24) is 29.5 Å². The number of nitrogens with one attached hydrogen (secondary N) is 2. The minimum absolute atomic E-state index is 0. The molecule has 0 amide bonds. The number of aromatic hydroxyl groups is 3. The van der Waals surface area contributed by atoms with Crippen molar-refractivity contribution in [2.45, 2.75) is 40.4 Å². The zero-order chi connectivity index (χ0) is 75.6. The number of aromatic nitrogens is 6. The van der Waals surface area contributed by atoms with E-state index in [1.165, 1.54) is 95.7 Å². The molecule has 0 saturated carbocycles. The number of azo groups is 1. The number of fused-ring (bicyclic) bond motifs is 5. The number of aromatic amines is 2. The molecule has 4 heterocycles. The molecular formula is C69H62Cl2N14O17S4. The van der Waals surface area contributed by atoms with E-state index in [0.29, 0.717) is 61.4 Å². The van der Waals surface area contributed by atoms with Crippen LogP contribution in [-0.4, -0.2) is 98.1 Å². The molecule has 0 spiro atoms. The molecule has 0 fully saturated rings. The maximum absolute atomic E-state index is 12.8. The van der Waals surface area contributed by atoms with Gasteiger partial charge in [-0.25, -0.2) is 14.3 Å². The number of para-hydroxylation sites is 2. The van der Waals surface area contributed by atoms with Gasteiger partial charge in [-0.2, -0.15) is 21.9 Å². The third-order valence-electron chi connectivity index (χ3n) is 15.0. The van der Waals surface area contributed by atoms with Gasteiger partial charge < -0.3 is 78.9 Å². The predicted octanol–water partition coefficient (Wildman–Crippen LogP) is 9.89. The van der Waals surface area contributed by atoms with Crippen LogP contribution in [0.2, 0.25) is 0 Å². The van der Waals surface area contributed by atoms with Crippen molar-refractivity contribution >= 4 is 130 Å². The number of benzene rings is 10. The lowest BCUT2D eigenvalue weighted by Gasteiger charge is -2.20. The van der Waals surface area contributed by atoms with E-state index in [0.717, 1.165) is 72.8 Å². The Kier molecular flexibility index (Phi) is 26.2. The fourth-order valence-corrected chi connectivity index (χ4v) is 12.1. The summed E-state index contributed by atoms with van der Waals surface area (Å²) >= 11 is 0. The van der Waals surface area contributed by atoms with Gasteiger partial charge in [0.15, 0.2) is 21.2 Å². The Morgan fingerprint density at radius 3 is 1.46 bits per heavy atom. The number of H-pyrrole nitrogens is 2. The van der Waals surface area contributed by atoms with Crippen LogP contribution in [0.1, 0.15) is 17.0 Å². The monoisotopic (exact) mass is 1560 g/mol. The number of nitrogens with two attached hydrogens (primary N) is 2. The standard InChI is InChI=1S/C20H18N4O8S2.C11H11NO.C10H10N2O4S.C10H8N2O4S.C9H6N3.C9H8N2.2ClH/c1-11-19(20(26)24(23-11)14-4-6-15(7-5-14)33(27,28)29)22-21-13-3-2-12-8-16(34(30,31)32)10-18(25)17(12)9-13;1-7-4-8-2-3-9(12)6-10(8)11(13)5-7;1-7-6-10(13)12(11-7)8-2-4-9(5-3-8)17(14,15)16;11-12-7-2-1-6-3-8(17(14,15)16)5-10(13)9(6)4-7;10-12-8-5-1-3-7-4-2-6-11-9(7)8;10-8-5-1-3-7-4-2-6-11-9(7)8;;/h2-10,23,25,30-32H,1H3,(H,27,28,29);2-6,13H,12H2,1H3;2-6,11H,1H3,(H,14,15,16);1-5H,(H3-,13,14,15,16);1-6H;1-6H,10H2;2*1H/q;;;;+1;;;/p-1. The number of anilines is 2. The van der Waals surface area contributed by atoms with E-state index in [1.54, 1.807) is 44.4 Å². The van der Waals surface area contributed by atoms with Crippen molar-refractivity contribution in [3.8, 4) is 28.6 Å². The number of diazo groups is 2. The van der Waals surface area contributed by atoms with Gasteiger partial charge in [0.1, 0.15) is 39.0 Å². The van der Waals surface area contributed by atoms with Crippen LogP contribution in [0.25, 0.3) is 75.4 Å². The van der Waals surface area contributed by atoms with Gasteiger partial charge in [-0.1, -0.05) is 54.6 Å². The lowest BCUT2D eigenvalue weighted by atomic mass is 10.1. The van der Waals surface area contributed by atoms with E-state index < -0.39 is 47.5 Å². The second-order valence-electron chi connectivity index (χ2n) is 22.4. The largest absolute Gasteiger partial charge is 1.00 e. The molecule has 0 saturated heterocycles. The van der Waals surface area contributed by atoms with Gasteiger partial charge in [0.25, 0.3) is 31.4 Å². The van der Waals surface area contributed by atoms with Gasteiger partial charge in [-0.15, -0.1) is 5.11 Å². The highest BCUT2D eigenvalue weighted by atomic mass is 35.5. The van der Waals surface area contributed by atoms with Crippen molar-refractivity contribution in [2.75, 3.05) is 11.5 Å². The Labute approximate surface area is 617 Å². The zero-order valence-electron chi connectivity index (χ0n) is 55.2. The number of halogens is 2. The van der Waals surface area contributed by atoms with Gasteiger partial charge in [0.05, 0.1) is 53.5 Å². The molecule has 14 rings (SSSR count). The highest BCUT2D eigenvalue weighted by Gasteiger charge is 2.22. The number of hydrogen-bond donors (Lipinski definition) is 15. The average molecular weight is 1560 g/mol. The summed E-state index contributed by atoms with van der Waals surface area (Å²) in [4.78, 5) is 37.7. The molecule has 0 unspecified atom stereocenters. The van der Waals surface area contributed by atoms with Crippen molar-refractivity contribution in [3.05, 3.63) is 266 Å². The second-order valence-corrected chi connectivity index (χ2v) is 28.3. The number of phenols is 3. The molecule has 17 N–H and O–H groups in total. The SMILES string of the molecule is Cc1[nH]n(-c2ccc(S(=O)(=O)O)cc2)c(=O)c1N=Nc1ccc2cc(S(O)(O)O)cc(O)c2c1.Cc1cc(=O)n(-c2ccc(S(=O)(=O)O)cc2)[nH]1.Cc1cc(O)c2cc(N)ccc2c1.N#[N+]c1ccc2cc(S(O)(O)O)cc(O)c2c1.N#[N+]c1cccc2cccnc12.Nc1cccc2cccnc12.[Cl-].[Cl-]. The van der Waals surface area contributed by atoms with Crippen LogP contribution in [-0.2, 0) is 20.2 Å². The number of nitrogens with zero attached hydrogens (tertiary/aromatic N) is 10. The van der Waals surface area contributed by atoms with E-state index in [2.05, 4.69) is 40.3 Å². The van der Waals surface area contributed by atoms with E-state index in [9.17, 15) is 55.4 Å². The summed E-state index contributed by atoms with van der Waals surface area (Å²) < 4.78 is 120. The van der Waals surface area contributed by atoms with Gasteiger partial charge in [0.2, 0.25) is 10.8 Å². The lowest BCUT2D eigenvalue weighted by molar-refractivity contribution is -0.001000.